The minimum absolute atomic E-state index is 0.00581. The Balaban J connectivity index is 1.89. The average molecular weight is 291 g/mol. The molecule has 4 N–H and O–H groups in total. The predicted molar refractivity (Wildman–Crippen MR) is 80.1 cm³/mol. The first kappa shape index (κ1) is 15.5. The summed E-state index contributed by atoms with van der Waals surface area (Å²) in [5.74, 6) is -0.218. The van der Waals surface area contributed by atoms with Gasteiger partial charge in [0.1, 0.15) is 0 Å². The smallest absolute Gasteiger partial charge is 0.251 e. The number of aliphatic hydroxyl groups is 1. The highest BCUT2D eigenvalue weighted by Gasteiger charge is 2.20. The van der Waals surface area contributed by atoms with Crippen LogP contribution >= 0.6 is 0 Å². The molecule has 1 heterocycles. The van der Waals surface area contributed by atoms with Crippen molar-refractivity contribution in [1.29, 1.82) is 0 Å². The highest BCUT2D eigenvalue weighted by Crippen LogP contribution is 2.15. The van der Waals surface area contributed by atoms with Gasteiger partial charge in [0.15, 0.2) is 0 Å². The third-order valence-corrected chi connectivity index (χ3v) is 3.48. The lowest BCUT2D eigenvalue weighted by molar-refractivity contribution is -0.120. The maximum atomic E-state index is 12.1. The molecule has 1 aliphatic heterocycles. The SMILES string of the molecule is O=C(NCCO)c1ccc(NC(=O)[C@@H]2CCCNC2)cc1. The van der Waals surface area contributed by atoms with E-state index in [1.54, 1.807) is 24.3 Å². The van der Waals surface area contributed by atoms with E-state index < -0.39 is 0 Å². The molecular formula is C15H21N3O3. The van der Waals surface area contributed by atoms with Crippen LogP contribution in [-0.2, 0) is 4.79 Å². The Morgan fingerprint density at radius 1 is 1.29 bits per heavy atom. The first-order chi connectivity index (χ1) is 10.2. The Bertz CT molecular complexity index is 481. The summed E-state index contributed by atoms with van der Waals surface area (Å²) in [5.41, 5.74) is 1.19. The van der Waals surface area contributed by atoms with Gasteiger partial charge >= 0.3 is 0 Å². The van der Waals surface area contributed by atoms with Crippen LogP contribution in [-0.4, -0.2) is 43.2 Å². The van der Waals surface area contributed by atoms with E-state index in [1.165, 1.54) is 0 Å². The lowest BCUT2D eigenvalue weighted by Crippen LogP contribution is -2.37. The van der Waals surface area contributed by atoms with Gasteiger partial charge in [0.2, 0.25) is 5.91 Å². The fourth-order valence-electron chi connectivity index (χ4n) is 2.30. The molecule has 1 aromatic rings. The van der Waals surface area contributed by atoms with Crippen molar-refractivity contribution in [1.82, 2.24) is 10.6 Å². The molecule has 0 radical (unpaired) electrons. The van der Waals surface area contributed by atoms with E-state index in [0.29, 0.717) is 17.8 Å². The van der Waals surface area contributed by atoms with E-state index in [2.05, 4.69) is 16.0 Å². The minimum Gasteiger partial charge on any atom is -0.395 e. The molecule has 2 rings (SSSR count). The molecule has 1 atom stereocenters. The molecule has 0 unspecified atom stereocenters. The van der Waals surface area contributed by atoms with Gasteiger partial charge in [-0.15, -0.1) is 0 Å². The van der Waals surface area contributed by atoms with Crippen molar-refractivity contribution < 1.29 is 14.7 Å². The summed E-state index contributed by atoms with van der Waals surface area (Å²) < 4.78 is 0. The van der Waals surface area contributed by atoms with Gasteiger partial charge in [-0.05, 0) is 43.7 Å². The fraction of sp³-hybridized carbons (Fsp3) is 0.467. The van der Waals surface area contributed by atoms with Crippen LogP contribution in [0.4, 0.5) is 5.69 Å². The van der Waals surface area contributed by atoms with Crippen molar-refractivity contribution >= 4 is 17.5 Å². The highest BCUT2D eigenvalue weighted by molar-refractivity contribution is 5.96. The van der Waals surface area contributed by atoms with E-state index in [1.807, 2.05) is 0 Å². The topological polar surface area (TPSA) is 90.5 Å². The second kappa shape index (κ2) is 7.75. The maximum Gasteiger partial charge on any atom is 0.251 e. The van der Waals surface area contributed by atoms with Crippen molar-refractivity contribution in [3.8, 4) is 0 Å². The van der Waals surface area contributed by atoms with Crippen LogP contribution in [0.3, 0.4) is 0 Å². The molecule has 0 saturated carbocycles. The second-order valence-corrected chi connectivity index (χ2v) is 5.09. The van der Waals surface area contributed by atoms with Crippen LogP contribution in [0.15, 0.2) is 24.3 Å². The summed E-state index contributed by atoms with van der Waals surface area (Å²) >= 11 is 0. The van der Waals surface area contributed by atoms with E-state index in [9.17, 15) is 9.59 Å². The van der Waals surface area contributed by atoms with E-state index in [4.69, 9.17) is 5.11 Å². The van der Waals surface area contributed by atoms with Crippen molar-refractivity contribution in [3.63, 3.8) is 0 Å². The lowest BCUT2D eigenvalue weighted by Gasteiger charge is -2.21. The molecular weight excluding hydrogens is 270 g/mol. The summed E-state index contributed by atoms with van der Waals surface area (Å²) in [7, 11) is 0. The molecule has 1 aliphatic rings. The summed E-state index contributed by atoms with van der Waals surface area (Å²) in [4.78, 5) is 23.7. The molecule has 114 valence electrons. The Morgan fingerprint density at radius 2 is 2.05 bits per heavy atom. The summed E-state index contributed by atoms with van der Waals surface area (Å²) in [6, 6.07) is 6.73. The van der Waals surface area contributed by atoms with Crippen LogP contribution in [0.5, 0.6) is 0 Å². The first-order valence-corrected chi connectivity index (χ1v) is 7.21. The molecule has 2 amide bonds. The third-order valence-electron chi connectivity index (χ3n) is 3.48. The standard InChI is InChI=1S/C15H21N3O3/c19-9-8-17-14(20)11-3-5-13(6-4-11)18-15(21)12-2-1-7-16-10-12/h3-6,12,16,19H,1-2,7-10H2,(H,17,20)(H,18,21)/t12-/m1/s1. The number of carbonyl (C=O) groups is 2. The zero-order valence-electron chi connectivity index (χ0n) is 11.9. The Morgan fingerprint density at radius 3 is 2.67 bits per heavy atom. The van der Waals surface area contributed by atoms with E-state index in [0.717, 1.165) is 19.4 Å². The molecule has 0 aliphatic carbocycles. The number of anilines is 1. The molecule has 0 spiro atoms. The van der Waals surface area contributed by atoms with Crippen LogP contribution < -0.4 is 16.0 Å². The minimum atomic E-state index is -0.238. The maximum absolute atomic E-state index is 12.1. The van der Waals surface area contributed by atoms with Gasteiger partial charge in [-0.2, -0.15) is 0 Å². The summed E-state index contributed by atoms with van der Waals surface area (Å²) in [5, 5.41) is 17.3. The van der Waals surface area contributed by atoms with Gasteiger partial charge in [0.25, 0.3) is 5.91 Å². The number of amides is 2. The van der Waals surface area contributed by atoms with Crippen molar-refractivity contribution in [2.24, 2.45) is 5.92 Å². The average Bonchev–Trinajstić information content (AvgIpc) is 2.54. The van der Waals surface area contributed by atoms with E-state index in [-0.39, 0.29) is 30.9 Å². The third kappa shape index (κ3) is 4.54. The van der Waals surface area contributed by atoms with Gasteiger partial charge in [-0.25, -0.2) is 0 Å². The van der Waals surface area contributed by atoms with Crippen LogP contribution in [0.2, 0.25) is 0 Å². The summed E-state index contributed by atoms with van der Waals surface area (Å²) in [6.45, 7) is 1.83. The normalized spacial score (nSPS) is 18.0. The van der Waals surface area contributed by atoms with Gasteiger partial charge in [-0.1, -0.05) is 0 Å². The molecule has 1 fully saturated rings. The monoisotopic (exact) mass is 291 g/mol. The highest BCUT2D eigenvalue weighted by atomic mass is 16.3. The van der Waals surface area contributed by atoms with Crippen LogP contribution in [0.25, 0.3) is 0 Å². The largest absolute Gasteiger partial charge is 0.395 e. The number of aliphatic hydroxyl groups excluding tert-OH is 1. The number of hydrogen-bond donors (Lipinski definition) is 4. The van der Waals surface area contributed by atoms with Gasteiger partial charge in [0.05, 0.1) is 12.5 Å². The number of nitrogens with one attached hydrogen (secondary N) is 3. The van der Waals surface area contributed by atoms with E-state index >= 15 is 0 Å². The molecule has 0 bridgehead atoms. The quantitative estimate of drug-likeness (QED) is 0.630. The van der Waals surface area contributed by atoms with Crippen molar-refractivity contribution in [2.45, 2.75) is 12.8 Å². The fourth-order valence-corrected chi connectivity index (χ4v) is 2.30. The molecule has 6 nitrogen and oxygen atoms in total. The Labute approximate surface area is 123 Å². The Kier molecular flexibility index (Phi) is 5.71. The van der Waals surface area contributed by atoms with Crippen molar-refractivity contribution in [3.05, 3.63) is 29.8 Å². The zero-order chi connectivity index (χ0) is 15.1. The first-order valence-electron chi connectivity index (χ1n) is 7.21. The number of carbonyl (C=O) groups excluding carboxylic acids is 2. The molecule has 1 aromatic carbocycles. The lowest BCUT2D eigenvalue weighted by atomic mass is 9.99. The van der Waals surface area contributed by atoms with Crippen LogP contribution in [0, 0.1) is 5.92 Å². The molecule has 0 aromatic heterocycles. The van der Waals surface area contributed by atoms with Gasteiger partial charge in [-0.3, -0.25) is 9.59 Å². The number of benzene rings is 1. The van der Waals surface area contributed by atoms with Gasteiger partial charge in [0, 0.05) is 24.3 Å². The number of hydrogen-bond acceptors (Lipinski definition) is 4. The zero-order valence-corrected chi connectivity index (χ0v) is 11.9. The van der Waals surface area contributed by atoms with Crippen molar-refractivity contribution in [2.75, 3.05) is 31.6 Å². The predicted octanol–water partition coefficient (Wildman–Crippen LogP) is 0.347. The van der Waals surface area contributed by atoms with Crippen LogP contribution in [0.1, 0.15) is 23.2 Å². The number of rotatable bonds is 5. The Hall–Kier alpha value is -1.92. The molecule has 6 heteroatoms. The summed E-state index contributed by atoms with van der Waals surface area (Å²) in [6.07, 6.45) is 1.92. The molecule has 1 saturated heterocycles. The molecule has 21 heavy (non-hydrogen) atoms. The number of piperidine rings is 1. The second-order valence-electron chi connectivity index (χ2n) is 5.09. The van der Waals surface area contributed by atoms with Gasteiger partial charge < -0.3 is 21.1 Å².